The van der Waals surface area contributed by atoms with E-state index in [-0.39, 0.29) is 0 Å². The van der Waals surface area contributed by atoms with Gasteiger partial charge in [0.1, 0.15) is 11.6 Å². The van der Waals surface area contributed by atoms with Gasteiger partial charge < -0.3 is 15.4 Å². The maximum absolute atomic E-state index is 5.88. The summed E-state index contributed by atoms with van der Waals surface area (Å²) >= 11 is 1.68. The van der Waals surface area contributed by atoms with E-state index in [0.717, 1.165) is 36.2 Å². The van der Waals surface area contributed by atoms with Gasteiger partial charge >= 0.3 is 0 Å². The molecule has 0 amide bonds. The molecule has 2 rings (SSSR count). The number of nitrogens with two attached hydrogens (primary N) is 1. The molecule has 1 atom stereocenters. The molecule has 1 aromatic rings. The van der Waals surface area contributed by atoms with Crippen molar-refractivity contribution >= 4 is 23.4 Å². The van der Waals surface area contributed by atoms with E-state index in [1.54, 1.807) is 18.9 Å². The largest absolute Gasteiger partial charge is 0.383 e. The second-order valence-electron chi connectivity index (χ2n) is 4.73. The molecular weight excluding hydrogens is 260 g/mol. The summed E-state index contributed by atoms with van der Waals surface area (Å²) in [6.07, 6.45) is 3.70. The van der Waals surface area contributed by atoms with Crippen LogP contribution in [0.5, 0.6) is 0 Å². The molecule has 5 nitrogen and oxygen atoms in total. The van der Waals surface area contributed by atoms with Crippen LogP contribution >= 0.6 is 11.8 Å². The zero-order valence-electron chi connectivity index (χ0n) is 11.6. The molecule has 2 N–H and O–H groups in total. The minimum atomic E-state index is 0.299. The summed E-state index contributed by atoms with van der Waals surface area (Å²) in [5, 5.41) is 0.782. The van der Waals surface area contributed by atoms with Crippen molar-refractivity contribution in [2.24, 2.45) is 0 Å². The number of hydrogen-bond acceptors (Lipinski definition) is 6. The van der Waals surface area contributed by atoms with E-state index in [1.807, 2.05) is 6.07 Å². The van der Waals surface area contributed by atoms with Crippen molar-refractivity contribution in [3.63, 3.8) is 0 Å². The highest BCUT2D eigenvalue weighted by Crippen LogP contribution is 2.24. The Balaban J connectivity index is 2.04. The van der Waals surface area contributed by atoms with Gasteiger partial charge in [-0.15, -0.1) is 0 Å². The third kappa shape index (κ3) is 3.98. The van der Waals surface area contributed by atoms with Gasteiger partial charge in [-0.25, -0.2) is 9.97 Å². The van der Waals surface area contributed by atoms with E-state index in [2.05, 4.69) is 21.8 Å². The molecule has 0 saturated carbocycles. The quantitative estimate of drug-likeness (QED) is 0.490. The normalized spacial score (nSPS) is 19.1. The molecule has 19 heavy (non-hydrogen) atoms. The third-order valence-corrected chi connectivity index (χ3v) is 4.18. The van der Waals surface area contributed by atoms with Gasteiger partial charge in [-0.2, -0.15) is 0 Å². The van der Waals surface area contributed by atoms with Crippen LogP contribution in [0.1, 0.15) is 26.2 Å². The SMILES string of the molecule is CCCCSc1nc(N)cc(N2CC[C@H](OC)C2)n1. The van der Waals surface area contributed by atoms with Crippen LogP contribution in [0.25, 0.3) is 0 Å². The van der Waals surface area contributed by atoms with Gasteiger partial charge in [0, 0.05) is 32.0 Å². The molecule has 0 unspecified atom stereocenters. The van der Waals surface area contributed by atoms with Crippen molar-refractivity contribution < 1.29 is 4.74 Å². The molecule has 1 fully saturated rings. The number of ether oxygens (including phenoxy) is 1. The molecule has 2 heterocycles. The monoisotopic (exact) mass is 282 g/mol. The van der Waals surface area contributed by atoms with Crippen LogP contribution in [0.15, 0.2) is 11.2 Å². The first-order valence-electron chi connectivity index (χ1n) is 6.78. The number of hydrogen-bond donors (Lipinski definition) is 1. The van der Waals surface area contributed by atoms with Crippen molar-refractivity contribution in [3.8, 4) is 0 Å². The van der Waals surface area contributed by atoms with Crippen LogP contribution in [-0.2, 0) is 4.74 Å². The molecule has 0 radical (unpaired) electrons. The molecule has 106 valence electrons. The number of nitrogens with zero attached hydrogens (tertiary/aromatic N) is 3. The number of anilines is 2. The zero-order valence-corrected chi connectivity index (χ0v) is 12.4. The fourth-order valence-corrected chi connectivity index (χ4v) is 3.04. The highest BCUT2D eigenvalue weighted by Gasteiger charge is 2.23. The highest BCUT2D eigenvalue weighted by atomic mass is 32.2. The Kier molecular flexibility index (Phi) is 5.27. The van der Waals surface area contributed by atoms with E-state index < -0.39 is 0 Å². The molecule has 1 aliphatic rings. The minimum absolute atomic E-state index is 0.299. The Labute approximate surface area is 118 Å². The molecule has 1 saturated heterocycles. The minimum Gasteiger partial charge on any atom is -0.383 e. The van der Waals surface area contributed by atoms with Gasteiger partial charge in [0.05, 0.1) is 6.10 Å². The molecule has 0 aliphatic carbocycles. The first kappa shape index (κ1) is 14.4. The number of unbranched alkanes of at least 4 members (excludes halogenated alkanes) is 1. The smallest absolute Gasteiger partial charge is 0.191 e. The maximum atomic E-state index is 5.88. The first-order valence-corrected chi connectivity index (χ1v) is 7.76. The lowest BCUT2D eigenvalue weighted by Crippen LogP contribution is -2.23. The molecule has 0 aromatic carbocycles. The van der Waals surface area contributed by atoms with E-state index in [4.69, 9.17) is 10.5 Å². The van der Waals surface area contributed by atoms with Crippen molar-refractivity contribution in [1.82, 2.24) is 9.97 Å². The van der Waals surface area contributed by atoms with E-state index in [1.165, 1.54) is 12.8 Å². The van der Waals surface area contributed by atoms with Gasteiger partial charge in [0.25, 0.3) is 0 Å². The number of methoxy groups -OCH3 is 1. The molecule has 6 heteroatoms. The predicted molar refractivity (Wildman–Crippen MR) is 79.7 cm³/mol. The zero-order chi connectivity index (χ0) is 13.7. The summed E-state index contributed by atoms with van der Waals surface area (Å²) in [7, 11) is 1.76. The molecular formula is C13H22N4OS. The van der Waals surface area contributed by atoms with Crippen LogP contribution in [-0.4, -0.2) is 42.0 Å². The van der Waals surface area contributed by atoms with Gasteiger partial charge in [-0.05, 0) is 12.8 Å². The second kappa shape index (κ2) is 6.96. The summed E-state index contributed by atoms with van der Waals surface area (Å²) in [6, 6.07) is 1.85. The molecule has 0 spiro atoms. The van der Waals surface area contributed by atoms with Crippen LogP contribution in [0.3, 0.4) is 0 Å². The van der Waals surface area contributed by atoms with Gasteiger partial charge in [0.15, 0.2) is 5.16 Å². The van der Waals surface area contributed by atoms with Crippen molar-refractivity contribution in [2.75, 3.05) is 36.6 Å². The van der Waals surface area contributed by atoms with E-state index >= 15 is 0 Å². The Morgan fingerprint density at radius 1 is 1.53 bits per heavy atom. The lowest BCUT2D eigenvalue weighted by Gasteiger charge is -2.18. The molecule has 1 aromatic heterocycles. The van der Waals surface area contributed by atoms with Crippen LogP contribution in [0.4, 0.5) is 11.6 Å². The van der Waals surface area contributed by atoms with Crippen molar-refractivity contribution in [3.05, 3.63) is 6.07 Å². The fraction of sp³-hybridized carbons (Fsp3) is 0.692. The number of aromatic nitrogens is 2. The lowest BCUT2D eigenvalue weighted by atomic mass is 10.3. The maximum Gasteiger partial charge on any atom is 0.191 e. The average molecular weight is 282 g/mol. The van der Waals surface area contributed by atoms with Gasteiger partial charge in [-0.1, -0.05) is 25.1 Å². The Morgan fingerprint density at radius 3 is 3.05 bits per heavy atom. The summed E-state index contributed by atoms with van der Waals surface area (Å²) in [5.41, 5.74) is 5.88. The van der Waals surface area contributed by atoms with Crippen LogP contribution in [0.2, 0.25) is 0 Å². The summed E-state index contributed by atoms with van der Waals surface area (Å²) in [4.78, 5) is 11.1. The third-order valence-electron chi connectivity index (χ3n) is 3.24. The van der Waals surface area contributed by atoms with Crippen molar-refractivity contribution in [2.45, 2.75) is 37.4 Å². The number of thioether (sulfide) groups is 1. The van der Waals surface area contributed by atoms with Gasteiger partial charge in [-0.3, -0.25) is 0 Å². The fourth-order valence-electron chi connectivity index (χ4n) is 2.09. The number of nitrogen functional groups attached to an aromatic ring is 1. The predicted octanol–water partition coefficient (Wildman–Crippen LogP) is 2.18. The first-order chi connectivity index (χ1) is 9.22. The Bertz CT molecular complexity index is 416. The summed E-state index contributed by atoms with van der Waals surface area (Å²) < 4.78 is 5.38. The topological polar surface area (TPSA) is 64.3 Å². The summed E-state index contributed by atoms with van der Waals surface area (Å²) in [5.74, 6) is 2.51. The average Bonchev–Trinajstić information content (AvgIpc) is 2.87. The molecule has 0 bridgehead atoms. The molecule has 1 aliphatic heterocycles. The summed E-state index contributed by atoms with van der Waals surface area (Å²) in [6.45, 7) is 4.03. The Hall–Kier alpha value is -1.01. The van der Waals surface area contributed by atoms with Crippen LogP contribution < -0.4 is 10.6 Å². The van der Waals surface area contributed by atoms with Crippen molar-refractivity contribution in [1.29, 1.82) is 0 Å². The van der Waals surface area contributed by atoms with Crippen LogP contribution in [0, 0.1) is 0 Å². The van der Waals surface area contributed by atoms with Gasteiger partial charge in [0.2, 0.25) is 0 Å². The van der Waals surface area contributed by atoms with E-state index in [9.17, 15) is 0 Å². The van der Waals surface area contributed by atoms with E-state index in [0.29, 0.717) is 11.9 Å². The number of rotatable bonds is 6. The highest BCUT2D eigenvalue weighted by molar-refractivity contribution is 7.99. The lowest BCUT2D eigenvalue weighted by molar-refractivity contribution is 0.121. The second-order valence-corrected chi connectivity index (χ2v) is 5.79. The standard InChI is InChI=1S/C13H22N4OS/c1-3-4-7-19-13-15-11(14)8-12(16-13)17-6-5-10(9-17)18-2/h8,10H,3-7,9H2,1-2H3,(H2,14,15,16)/t10-/m0/s1. The Morgan fingerprint density at radius 2 is 2.37 bits per heavy atom.